The molecule has 4 rings (SSSR count). The zero-order chi connectivity index (χ0) is 20.9. The Morgan fingerprint density at radius 2 is 1.90 bits per heavy atom. The molecule has 1 fully saturated rings. The number of nitrogens with one attached hydrogen (secondary N) is 1. The van der Waals surface area contributed by atoms with E-state index < -0.39 is 0 Å². The number of benzene rings is 2. The molecule has 0 aliphatic heterocycles. The molecule has 2 bridgehead atoms. The predicted molar refractivity (Wildman–Crippen MR) is 116 cm³/mol. The van der Waals surface area contributed by atoms with E-state index in [1.807, 2.05) is 44.2 Å². The lowest BCUT2D eigenvalue weighted by Crippen LogP contribution is -2.22. The van der Waals surface area contributed by atoms with E-state index in [0.717, 1.165) is 23.7 Å². The van der Waals surface area contributed by atoms with Gasteiger partial charge in [0.25, 0.3) is 0 Å². The number of ether oxygens (including phenoxy) is 3. The van der Waals surface area contributed by atoms with Crippen molar-refractivity contribution in [3.05, 3.63) is 66.0 Å². The molecule has 2 aliphatic carbocycles. The maximum Gasteiger partial charge on any atom is 0.161 e. The highest BCUT2D eigenvalue weighted by Crippen LogP contribution is 2.41. The molecule has 2 aliphatic rings. The monoisotopic (exact) mass is 411 g/mol. The fourth-order valence-electron chi connectivity index (χ4n) is 4.18. The first-order valence-corrected chi connectivity index (χ1v) is 10.8. The zero-order valence-corrected chi connectivity index (χ0v) is 17.6. The van der Waals surface area contributed by atoms with Crippen LogP contribution in [0.5, 0.6) is 17.2 Å². The molecule has 0 spiro atoms. The van der Waals surface area contributed by atoms with Crippen LogP contribution in [0.2, 0.25) is 0 Å². The Hall–Kier alpha value is -2.53. The molecule has 0 amide bonds. The molecule has 2 aromatic carbocycles. The van der Waals surface area contributed by atoms with Crippen LogP contribution in [0.4, 0.5) is 4.39 Å². The van der Waals surface area contributed by atoms with Gasteiger partial charge < -0.3 is 19.5 Å². The molecule has 0 heterocycles. The summed E-state index contributed by atoms with van der Waals surface area (Å²) in [7, 11) is 0. The van der Waals surface area contributed by atoms with Gasteiger partial charge in [0.15, 0.2) is 11.5 Å². The van der Waals surface area contributed by atoms with E-state index in [9.17, 15) is 4.39 Å². The quantitative estimate of drug-likeness (QED) is 0.435. The van der Waals surface area contributed by atoms with E-state index in [0.29, 0.717) is 37.1 Å². The van der Waals surface area contributed by atoms with Crippen LogP contribution < -0.4 is 19.5 Å². The lowest BCUT2D eigenvalue weighted by molar-refractivity contribution is 0.174. The minimum Gasteiger partial charge on any atom is -0.490 e. The molecule has 0 radical (unpaired) electrons. The third kappa shape index (κ3) is 5.14. The predicted octanol–water partition coefficient (Wildman–Crippen LogP) is 5.12. The maximum absolute atomic E-state index is 14.2. The van der Waals surface area contributed by atoms with Crippen molar-refractivity contribution >= 4 is 0 Å². The van der Waals surface area contributed by atoms with Crippen LogP contribution in [0.3, 0.4) is 0 Å². The molecule has 1 saturated carbocycles. The Balaban J connectivity index is 1.25. The first-order chi connectivity index (χ1) is 14.6. The van der Waals surface area contributed by atoms with Crippen molar-refractivity contribution in [3.63, 3.8) is 0 Å². The Labute approximate surface area is 178 Å². The van der Waals surface area contributed by atoms with E-state index in [2.05, 4.69) is 17.5 Å². The molecule has 160 valence electrons. The van der Waals surface area contributed by atoms with Crippen molar-refractivity contribution in [2.45, 2.75) is 45.4 Å². The smallest absolute Gasteiger partial charge is 0.161 e. The molecule has 5 heteroatoms. The largest absolute Gasteiger partial charge is 0.490 e. The first-order valence-electron chi connectivity index (χ1n) is 10.8. The number of para-hydroxylation sites is 2. The molecule has 1 N–H and O–H groups in total. The van der Waals surface area contributed by atoms with Gasteiger partial charge in [-0.1, -0.05) is 24.3 Å². The lowest BCUT2D eigenvalue weighted by atomic mass is 10.0. The number of rotatable bonds is 10. The van der Waals surface area contributed by atoms with Crippen LogP contribution in [0.25, 0.3) is 0 Å². The summed E-state index contributed by atoms with van der Waals surface area (Å²) in [5, 5.41) is 3.25. The third-order valence-corrected chi connectivity index (χ3v) is 5.59. The average Bonchev–Trinajstić information content (AvgIpc) is 3.34. The number of halogens is 1. The molecule has 4 nitrogen and oxygen atoms in total. The fraction of sp³-hybridized carbons (Fsp3) is 0.440. The second kappa shape index (κ2) is 9.52. The van der Waals surface area contributed by atoms with Gasteiger partial charge in [-0.2, -0.15) is 0 Å². The molecule has 30 heavy (non-hydrogen) atoms. The molecule has 0 saturated heterocycles. The van der Waals surface area contributed by atoms with Crippen LogP contribution in [-0.4, -0.2) is 25.4 Å². The number of hydrogen-bond donors (Lipinski definition) is 1. The Kier molecular flexibility index (Phi) is 6.58. The second-order valence-corrected chi connectivity index (χ2v) is 8.33. The fourth-order valence-corrected chi connectivity index (χ4v) is 4.18. The molecular weight excluding hydrogens is 381 g/mol. The Morgan fingerprint density at radius 3 is 2.63 bits per heavy atom. The molecule has 0 aromatic heterocycles. The average molecular weight is 412 g/mol. The summed E-state index contributed by atoms with van der Waals surface area (Å²) in [6, 6.07) is 12.7. The Morgan fingerprint density at radius 1 is 1.07 bits per heavy atom. The zero-order valence-electron chi connectivity index (χ0n) is 17.6. The van der Waals surface area contributed by atoms with Crippen molar-refractivity contribution in [3.8, 4) is 17.2 Å². The van der Waals surface area contributed by atoms with Gasteiger partial charge in [-0.05, 0) is 62.9 Å². The summed E-state index contributed by atoms with van der Waals surface area (Å²) in [5.74, 6) is 3.13. The molecule has 2 aromatic rings. The molecular formula is C25H30FNO3. The van der Waals surface area contributed by atoms with E-state index in [1.54, 1.807) is 6.07 Å². The lowest BCUT2D eigenvalue weighted by Gasteiger charge is -2.20. The van der Waals surface area contributed by atoms with Gasteiger partial charge in [0.2, 0.25) is 0 Å². The normalized spacial score (nSPS) is 21.9. The number of allylic oxidation sites excluding steroid dienone is 1. The van der Waals surface area contributed by atoms with E-state index >= 15 is 0 Å². The third-order valence-electron chi connectivity index (χ3n) is 5.59. The summed E-state index contributed by atoms with van der Waals surface area (Å²) in [6.45, 7) is 5.45. The standard InChI is InChI=1S/C25H30FNO3/c1-17(2)29-24-6-4-3-5-23(24)28-12-11-27-16-20-15-21(9-10-22(20)26)30-25-14-18-7-8-19(25)13-18/h3-10,15,17-19,25,27H,11-14,16H2,1-2H3. The maximum atomic E-state index is 14.2. The summed E-state index contributed by atoms with van der Waals surface area (Å²) >= 11 is 0. The van der Waals surface area contributed by atoms with Gasteiger partial charge in [0.05, 0.1) is 6.10 Å². The highest BCUT2D eigenvalue weighted by molar-refractivity contribution is 5.39. The van der Waals surface area contributed by atoms with Crippen LogP contribution in [-0.2, 0) is 6.54 Å². The van der Waals surface area contributed by atoms with Gasteiger partial charge in [-0.15, -0.1) is 0 Å². The van der Waals surface area contributed by atoms with Gasteiger partial charge in [0, 0.05) is 24.6 Å². The number of fused-ring (bicyclic) bond motifs is 2. The van der Waals surface area contributed by atoms with Crippen LogP contribution in [0.1, 0.15) is 32.3 Å². The van der Waals surface area contributed by atoms with E-state index in [4.69, 9.17) is 14.2 Å². The topological polar surface area (TPSA) is 39.7 Å². The summed E-state index contributed by atoms with van der Waals surface area (Å²) in [5.41, 5.74) is 0.606. The number of hydrogen-bond acceptors (Lipinski definition) is 4. The van der Waals surface area contributed by atoms with Crippen molar-refractivity contribution in [2.24, 2.45) is 11.8 Å². The summed E-state index contributed by atoms with van der Waals surface area (Å²) in [6.07, 6.45) is 7.10. The van der Waals surface area contributed by atoms with Gasteiger partial charge in [-0.3, -0.25) is 0 Å². The van der Waals surface area contributed by atoms with E-state index in [1.165, 1.54) is 12.5 Å². The van der Waals surface area contributed by atoms with Crippen LogP contribution in [0.15, 0.2) is 54.6 Å². The highest BCUT2D eigenvalue weighted by atomic mass is 19.1. The van der Waals surface area contributed by atoms with Gasteiger partial charge in [-0.25, -0.2) is 4.39 Å². The van der Waals surface area contributed by atoms with Crippen LogP contribution >= 0.6 is 0 Å². The highest BCUT2D eigenvalue weighted by Gasteiger charge is 2.37. The SMILES string of the molecule is CC(C)Oc1ccccc1OCCNCc1cc(OC2CC3C=CC2C3)ccc1F. The van der Waals surface area contributed by atoms with Crippen LogP contribution in [0, 0.1) is 17.7 Å². The minimum atomic E-state index is -0.223. The van der Waals surface area contributed by atoms with Crippen molar-refractivity contribution in [1.29, 1.82) is 0 Å². The van der Waals surface area contributed by atoms with Gasteiger partial charge in [0.1, 0.15) is 24.3 Å². The Bertz CT molecular complexity index is 882. The summed E-state index contributed by atoms with van der Waals surface area (Å²) in [4.78, 5) is 0. The van der Waals surface area contributed by atoms with Gasteiger partial charge >= 0.3 is 0 Å². The minimum absolute atomic E-state index is 0.0841. The van der Waals surface area contributed by atoms with Crippen molar-refractivity contribution in [1.82, 2.24) is 5.32 Å². The van der Waals surface area contributed by atoms with Crippen molar-refractivity contribution in [2.75, 3.05) is 13.2 Å². The summed E-state index contributed by atoms with van der Waals surface area (Å²) < 4.78 is 32.0. The first kappa shape index (κ1) is 20.7. The molecule has 3 atom stereocenters. The second-order valence-electron chi connectivity index (χ2n) is 8.33. The van der Waals surface area contributed by atoms with Crippen molar-refractivity contribution < 1.29 is 18.6 Å². The van der Waals surface area contributed by atoms with E-state index in [-0.39, 0.29) is 18.0 Å². The molecule has 3 unspecified atom stereocenters.